The Balaban J connectivity index is 2.15. The average Bonchev–Trinajstić information content (AvgIpc) is 2.78. The minimum Gasteiger partial charge on any atom is -0.497 e. The number of amides is 2. The summed E-state index contributed by atoms with van der Waals surface area (Å²) in [5.74, 6) is 1.20. The Morgan fingerprint density at radius 2 is 1.61 bits per heavy atom. The van der Waals surface area contributed by atoms with Crippen molar-refractivity contribution in [3.8, 4) is 17.2 Å². The van der Waals surface area contributed by atoms with Gasteiger partial charge in [0, 0.05) is 0 Å². The minimum atomic E-state index is -0.760. The first kappa shape index (κ1) is 24.0. The molecule has 2 N–H and O–H groups in total. The number of hydrogen-bond acceptors (Lipinski definition) is 6. The molecule has 0 radical (unpaired) electrons. The van der Waals surface area contributed by atoms with Crippen molar-refractivity contribution in [3.05, 3.63) is 59.2 Å². The van der Waals surface area contributed by atoms with E-state index in [-0.39, 0.29) is 17.8 Å². The molecule has 0 aliphatic carbocycles. The molecule has 0 bridgehead atoms. The van der Waals surface area contributed by atoms with Gasteiger partial charge in [0.1, 0.15) is 5.75 Å². The number of methoxy groups -OCH3 is 2. The number of ether oxygens (including phenoxy) is 4. The monoisotopic (exact) mass is 454 g/mol. The Bertz CT molecular complexity index is 1040. The predicted molar refractivity (Wildman–Crippen MR) is 124 cm³/mol. The molecule has 8 nitrogen and oxygen atoms in total. The van der Waals surface area contributed by atoms with E-state index in [2.05, 4.69) is 10.6 Å². The second kappa shape index (κ2) is 10.3. The molecule has 33 heavy (non-hydrogen) atoms. The molecule has 1 unspecified atom stereocenters. The molecule has 0 spiro atoms. The van der Waals surface area contributed by atoms with Crippen LogP contribution in [0.4, 0.5) is 4.79 Å². The maximum Gasteiger partial charge on any atom is 0.338 e. The average molecular weight is 455 g/mol. The van der Waals surface area contributed by atoms with Crippen LogP contribution >= 0.6 is 0 Å². The van der Waals surface area contributed by atoms with Crippen LogP contribution in [0, 0.1) is 0 Å². The van der Waals surface area contributed by atoms with Crippen molar-refractivity contribution in [2.75, 3.05) is 14.2 Å². The topological polar surface area (TPSA) is 95.1 Å². The van der Waals surface area contributed by atoms with Crippen molar-refractivity contribution in [3.63, 3.8) is 0 Å². The zero-order chi connectivity index (χ0) is 24.1. The van der Waals surface area contributed by atoms with Crippen molar-refractivity contribution in [1.29, 1.82) is 0 Å². The van der Waals surface area contributed by atoms with Crippen LogP contribution in [-0.2, 0) is 9.53 Å². The second-order valence-electron chi connectivity index (χ2n) is 8.08. The molecule has 2 aromatic rings. The van der Waals surface area contributed by atoms with E-state index in [9.17, 15) is 9.59 Å². The lowest BCUT2D eigenvalue weighted by Gasteiger charge is -2.30. The van der Waals surface area contributed by atoms with Gasteiger partial charge in [0.15, 0.2) is 11.5 Å². The van der Waals surface area contributed by atoms with Gasteiger partial charge >= 0.3 is 12.0 Å². The fraction of sp³-hybridized carbons (Fsp3) is 0.360. The molecular formula is C25H30N2O6. The number of urea groups is 1. The van der Waals surface area contributed by atoms with Crippen molar-refractivity contribution in [2.45, 2.75) is 45.9 Å². The third-order valence-electron chi connectivity index (χ3n) is 4.90. The molecule has 1 aliphatic rings. The fourth-order valence-corrected chi connectivity index (χ4v) is 3.51. The van der Waals surface area contributed by atoms with E-state index >= 15 is 0 Å². The Kier molecular flexibility index (Phi) is 7.48. The predicted octanol–water partition coefficient (Wildman–Crippen LogP) is 4.21. The molecule has 0 saturated heterocycles. The molecule has 8 heteroatoms. The van der Waals surface area contributed by atoms with Crippen LogP contribution in [0.15, 0.2) is 48.0 Å². The summed E-state index contributed by atoms with van der Waals surface area (Å²) in [5.41, 5.74) is 1.96. The highest BCUT2D eigenvalue weighted by molar-refractivity contribution is 6.04. The van der Waals surface area contributed by atoms with Crippen LogP contribution < -0.4 is 24.8 Å². The first-order valence-electron chi connectivity index (χ1n) is 10.7. The molecule has 0 fully saturated rings. The van der Waals surface area contributed by atoms with Gasteiger partial charge in [-0.05, 0) is 75.2 Å². The number of hydrogen-bond donors (Lipinski definition) is 2. The summed E-state index contributed by atoms with van der Waals surface area (Å²) in [6.45, 7) is 7.39. The van der Waals surface area contributed by atoms with Crippen LogP contribution in [0.25, 0.3) is 5.70 Å². The summed E-state index contributed by atoms with van der Waals surface area (Å²) >= 11 is 0. The van der Waals surface area contributed by atoms with Crippen molar-refractivity contribution >= 4 is 17.7 Å². The highest BCUT2D eigenvalue weighted by atomic mass is 16.5. The molecule has 2 amide bonds. The van der Waals surface area contributed by atoms with E-state index in [1.807, 2.05) is 13.8 Å². The Morgan fingerprint density at radius 1 is 0.909 bits per heavy atom. The highest BCUT2D eigenvalue weighted by Crippen LogP contribution is 2.37. The first-order chi connectivity index (χ1) is 15.7. The first-order valence-corrected chi connectivity index (χ1v) is 10.7. The molecule has 1 atom stereocenters. The van der Waals surface area contributed by atoms with E-state index in [0.29, 0.717) is 34.1 Å². The molecule has 0 aromatic heterocycles. The maximum atomic E-state index is 13.2. The number of rotatable bonds is 8. The fourth-order valence-electron chi connectivity index (χ4n) is 3.51. The van der Waals surface area contributed by atoms with Gasteiger partial charge in [-0.3, -0.25) is 0 Å². The smallest absolute Gasteiger partial charge is 0.338 e. The van der Waals surface area contributed by atoms with Crippen LogP contribution in [-0.4, -0.2) is 38.4 Å². The van der Waals surface area contributed by atoms with Crippen LogP contribution in [0.2, 0.25) is 0 Å². The lowest BCUT2D eigenvalue weighted by atomic mass is 9.92. The van der Waals surface area contributed by atoms with E-state index in [1.54, 1.807) is 70.5 Å². The summed E-state index contributed by atoms with van der Waals surface area (Å²) < 4.78 is 22.1. The van der Waals surface area contributed by atoms with Crippen LogP contribution in [0.5, 0.6) is 17.2 Å². The van der Waals surface area contributed by atoms with Gasteiger partial charge in [-0.25, -0.2) is 9.59 Å². The van der Waals surface area contributed by atoms with Gasteiger partial charge in [0.2, 0.25) is 0 Å². The van der Waals surface area contributed by atoms with Gasteiger partial charge in [0.25, 0.3) is 0 Å². The highest BCUT2D eigenvalue weighted by Gasteiger charge is 2.35. The second-order valence-corrected chi connectivity index (χ2v) is 8.08. The molecule has 2 aromatic carbocycles. The summed E-state index contributed by atoms with van der Waals surface area (Å²) in [4.78, 5) is 25.8. The molecule has 1 aliphatic heterocycles. The minimum absolute atomic E-state index is 0.0403. The normalized spacial score (nSPS) is 15.8. The standard InChI is InChI=1S/C25H30N2O6/c1-14(2)32-19-12-9-17(13-20(19)31-6)23-21(24(28)33-15(3)4)22(26-25(29)27-23)16-7-10-18(30-5)11-8-16/h7-15,23H,1-6H3,(H2,26,27,29). The number of nitrogens with one attached hydrogen (secondary N) is 2. The molecular weight excluding hydrogens is 424 g/mol. The third-order valence-corrected chi connectivity index (χ3v) is 4.90. The summed E-state index contributed by atoms with van der Waals surface area (Å²) in [6.07, 6.45) is -0.377. The number of esters is 1. The molecule has 176 valence electrons. The molecule has 0 saturated carbocycles. The van der Waals surface area contributed by atoms with Gasteiger partial charge in [-0.1, -0.05) is 6.07 Å². The lowest BCUT2D eigenvalue weighted by molar-refractivity contribution is -0.143. The lowest BCUT2D eigenvalue weighted by Crippen LogP contribution is -2.45. The quantitative estimate of drug-likeness (QED) is 0.581. The summed E-state index contributed by atoms with van der Waals surface area (Å²) in [5, 5.41) is 5.61. The largest absolute Gasteiger partial charge is 0.497 e. The number of carbonyl (C=O) groups is 2. The molecule has 3 rings (SSSR count). The summed E-state index contributed by atoms with van der Waals surface area (Å²) in [7, 11) is 3.11. The van der Waals surface area contributed by atoms with E-state index in [1.165, 1.54) is 0 Å². The Labute approximate surface area is 193 Å². The van der Waals surface area contributed by atoms with E-state index in [0.717, 1.165) is 0 Å². The summed E-state index contributed by atoms with van der Waals surface area (Å²) in [6, 6.07) is 11.2. The third kappa shape index (κ3) is 5.58. The Hall–Kier alpha value is -3.68. The zero-order valence-electron chi connectivity index (χ0n) is 19.7. The Morgan fingerprint density at radius 3 is 2.18 bits per heavy atom. The van der Waals surface area contributed by atoms with Gasteiger partial charge < -0.3 is 29.6 Å². The van der Waals surface area contributed by atoms with Gasteiger partial charge in [0.05, 0.1) is 43.7 Å². The SMILES string of the molecule is COc1ccc(C2=C(C(=O)OC(C)C)C(c3ccc(OC(C)C)c(OC)c3)NC(=O)N2)cc1. The van der Waals surface area contributed by atoms with E-state index in [4.69, 9.17) is 18.9 Å². The van der Waals surface area contributed by atoms with Crippen LogP contribution in [0.3, 0.4) is 0 Å². The zero-order valence-corrected chi connectivity index (χ0v) is 19.7. The van der Waals surface area contributed by atoms with Crippen molar-refractivity contribution in [2.24, 2.45) is 0 Å². The van der Waals surface area contributed by atoms with E-state index < -0.39 is 18.0 Å². The molecule has 1 heterocycles. The van der Waals surface area contributed by atoms with Crippen molar-refractivity contribution < 1.29 is 28.5 Å². The maximum absolute atomic E-state index is 13.2. The van der Waals surface area contributed by atoms with Gasteiger partial charge in [-0.2, -0.15) is 0 Å². The van der Waals surface area contributed by atoms with Crippen molar-refractivity contribution in [1.82, 2.24) is 10.6 Å². The number of carbonyl (C=O) groups excluding carboxylic acids is 2. The van der Waals surface area contributed by atoms with Gasteiger partial charge in [-0.15, -0.1) is 0 Å². The number of benzene rings is 2. The van der Waals surface area contributed by atoms with Crippen LogP contribution in [0.1, 0.15) is 44.9 Å².